The molecule has 4 heteroatoms. The van der Waals surface area contributed by atoms with Gasteiger partial charge >= 0.3 is 5.63 Å². The van der Waals surface area contributed by atoms with E-state index in [1.807, 2.05) is 24.3 Å². The number of ether oxygens (including phenoxy) is 1. The van der Waals surface area contributed by atoms with E-state index in [1.165, 1.54) is 0 Å². The minimum Gasteiger partial charge on any atom is -0.493 e. The van der Waals surface area contributed by atoms with Gasteiger partial charge in [0.2, 0.25) is 0 Å². The second kappa shape index (κ2) is 5.90. The van der Waals surface area contributed by atoms with E-state index < -0.39 is 0 Å². The summed E-state index contributed by atoms with van der Waals surface area (Å²) in [4.78, 5) is 12.1. The summed E-state index contributed by atoms with van der Waals surface area (Å²) < 4.78 is 11.9. The molecule has 3 aromatic rings. The van der Waals surface area contributed by atoms with Crippen LogP contribution in [0.15, 0.2) is 50.1 Å². The Hall–Kier alpha value is -1.81. The molecule has 0 amide bonds. The SMILES string of the molecule is CCCCOc1ccc2c(c1)oc(=O)c1cc(Br)ccc12. The van der Waals surface area contributed by atoms with Crippen LogP contribution >= 0.6 is 15.9 Å². The third kappa shape index (κ3) is 2.81. The van der Waals surface area contributed by atoms with Crippen LogP contribution in [0.2, 0.25) is 0 Å². The Morgan fingerprint density at radius 2 is 1.90 bits per heavy atom. The Bertz CT molecular complexity index is 852. The Kier molecular flexibility index (Phi) is 3.97. The van der Waals surface area contributed by atoms with E-state index in [9.17, 15) is 4.79 Å². The molecule has 1 heterocycles. The zero-order valence-electron chi connectivity index (χ0n) is 11.7. The smallest absolute Gasteiger partial charge is 0.344 e. The number of benzene rings is 2. The Balaban J connectivity index is 2.13. The highest BCUT2D eigenvalue weighted by atomic mass is 79.9. The molecule has 0 bridgehead atoms. The van der Waals surface area contributed by atoms with Gasteiger partial charge in [-0.15, -0.1) is 0 Å². The first-order chi connectivity index (χ1) is 10.2. The van der Waals surface area contributed by atoms with Crippen molar-refractivity contribution in [2.24, 2.45) is 0 Å². The molecule has 0 unspecified atom stereocenters. The maximum Gasteiger partial charge on any atom is 0.344 e. The van der Waals surface area contributed by atoms with Gasteiger partial charge in [0.25, 0.3) is 0 Å². The van der Waals surface area contributed by atoms with Crippen molar-refractivity contribution in [1.29, 1.82) is 0 Å². The number of hydrogen-bond donors (Lipinski definition) is 0. The summed E-state index contributed by atoms with van der Waals surface area (Å²) in [6, 6.07) is 11.3. The predicted octanol–water partition coefficient (Wildman–Crippen LogP) is 4.89. The minimum atomic E-state index is -0.329. The summed E-state index contributed by atoms with van der Waals surface area (Å²) in [6.07, 6.45) is 2.09. The molecule has 0 aliphatic heterocycles. The van der Waals surface area contributed by atoms with Gasteiger partial charge in [-0.05, 0) is 36.1 Å². The third-order valence-corrected chi connectivity index (χ3v) is 3.91. The lowest BCUT2D eigenvalue weighted by Crippen LogP contribution is -2.00. The second-order valence-corrected chi connectivity index (χ2v) is 5.86. The molecule has 3 rings (SSSR count). The average molecular weight is 347 g/mol. The molecule has 108 valence electrons. The molecule has 0 spiro atoms. The largest absolute Gasteiger partial charge is 0.493 e. The molecule has 0 radical (unpaired) electrons. The second-order valence-electron chi connectivity index (χ2n) is 4.94. The molecule has 21 heavy (non-hydrogen) atoms. The molecule has 0 aliphatic carbocycles. The van der Waals surface area contributed by atoms with Crippen molar-refractivity contribution in [3.63, 3.8) is 0 Å². The van der Waals surface area contributed by atoms with Gasteiger partial charge in [0.1, 0.15) is 11.3 Å². The highest BCUT2D eigenvalue weighted by Gasteiger charge is 2.08. The van der Waals surface area contributed by atoms with E-state index in [2.05, 4.69) is 22.9 Å². The fourth-order valence-electron chi connectivity index (χ4n) is 2.31. The van der Waals surface area contributed by atoms with Crippen LogP contribution in [0.3, 0.4) is 0 Å². The molecule has 0 N–H and O–H groups in total. The molecule has 0 saturated heterocycles. The molecule has 2 aromatic carbocycles. The van der Waals surface area contributed by atoms with E-state index in [1.54, 1.807) is 12.1 Å². The molecule has 0 aliphatic rings. The predicted molar refractivity (Wildman–Crippen MR) is 88.1 cm³/mol. The summed E-state index contributed by atoms with van der Waals surface area (Å²) >= 11 is 3.38. The van der Waals surface area contributed by atoms with Crippen molar-refractivity contribution in [3.8, 4) is 5.75 Å². The van der Waals surface area contributed by atoms with Gasteiger partial charge in [-0.1, -0.05) is 35.3 Å². The van der Waals surface area contributed by atoms with Crippen LogP contribution in [-0.2, 0) is 0 Å². The summed E-state index contributed by atoms with van der Waals surface area (Å²) in [6.45, 7) is 2.79. The molecule has 1 aromatic heterocycles. The highest BCUT2D eigenvalue weighted by Crippen LogP contribution is 2.28. The van der Waals surface area contributed by atoms with Crippen molar-refractivity contribution in [1.82, 2.24) is 0 Å². The average Bonchev–Trinajstić information content (AvgIpc) is 2.48. The standard InChI is InChI=1S/C17H15BrO3/c1-2-3-8-20-12-5-7-14-13-6-4-11(18)9-15(13)17(19)21-16(14)10-12/h4-7,9-10H,2-3,8H2,1H3. The summed E-state index contributed by atoms with van der Waals surface area (Å²) in [5.41, 5.74) is 0.230. The van der Waals surface area contributed by atoms with Crippen molar-refractivity contribution in [2.45, 2.75) is 19.8 Å². The first-order valence-electron chi connectivity index (χ1n) is 6.98. The van der Waals surface area contributed by atoms with Gasteiger partial charge in [-0.2, -0.15) is 0 Å². The van der Waals surface area contributed by atoms with E-state index >= 15 is 0 Å². The van der Waals surface area contributed by atoms with E-state index in [0.29, 0.717) is 17.6 Å². The topological polar surface area (TPSA) is 39.4 Å². The zero-order valence-corrected chi connectivity index (χ0v) is 13.3. The van der Waals surface area contributed by atoms with Crippen molar-refractivity contribution in [3.05, 3.63) is 51.3 Å². The quantitative estimate of drug-likeness (QED) is 0.383. The van der Waals surface area contributed by atoms with Crippen LogP contribution in [0.4, 0.5) is 0 Å². The molecule has 3 nitrogen and oxygen atoms in total. The maximum atomic E-state index is 12.1. The monoisotopic (exact) mass is 346 g/mol. The van der Waals surface area contributed by atoms with Gasteiger partial charge in [-0.25, -0.2) is 4.79 Å². The van der Waals surface area contributed by atoms with Crippen molar-refractivity contribution in [2.75, 3.05) is 6.61 Å². The van der Waals surface area contributed by atoms with Crippen LogP contribution in [0.5, 0.6) is 5.75 Å². The Labute approximate surface area is 130 Å². The number of rotatable bonds is 4. The van der Waals surface area contributed by atoms with Gasteiger partial charge in [-0.3, -0.25) is 0 Å². The van der Waals surface area contributed by atoms with Crippen LogP contribution in [0.25, 0.3) is 21.7 Å². The fourth-order valence-corrected chi connectivity index (χ4v) is 2.67. The van der Waals surface area contributed by atoms with E-state index in [4.69, 9.17) is 9.15 Å². The lowest BCUT2D eigenvalue weighted by molar-refractivity contribution is 0.309. The van der Waals surface area contributed by atoms with Gasteiger partial charge in [0.15, 0.2) is 0 Å². The normalized spacial score (nSPS) is 11.1. The van der Waals surface area contributed by atoms with Gasteiger partial charge in [0, 0.05) is 15.9 Å². The van der Waals surface area contributed by atoms with Gasteiger partial charge < -0.3 is 9.15 Å². The first-order valence-corrected chi connectivity index (χ1v) is 7.77. The zero-order chi connectivity index (χ0) is 14.8. The van der Waals surface area contributed by atoms with Crippen LogP contribution in [-0.4, -0.2) is 6.61 Å². The van der Waals surface area contributed by atoms with Crippen molar-refractivity contribution < 1.29 is 9.15 Å². The summed E-state index contributed by atoms with van der Waals surface area (Å²) in [7, 11) is 0. The lowest BCUT2D eigenvalue weighted by atomic mass is 10.1. The summed E-state index contributed by atoms with van der Waals surface area (Å²) in [5.74, 6) is 0.732. The van der Waals surface area contributed by atoms with Crippen LogP contribution < -0.4 is 10.4 Å². The number of hydrogen-bond acceptors (Lipinski definition) is 3. The first kappa shape index (κ1) is 14.1. The minimum absolute atomic E-state index is 0.329. The van der Waals surface area contributed by atoms with E-state index in [-0.39, 0.29) is 5.63 Å². The van der Waals surface area contributed by atoms with Crippen LogP contribution in [0.1, 0.15) is 19.8 Å². The lowest BCUT2D eigenvalue weighted by Gasteiger charge is -2.07. The molecule has 0 atom stereocenters. The van der Waals surface area contributed by atoms with E-state index in [0.717, 1.165) is 33.8 Å². The fraction of sp³-hybridized carbons (Fsp3) is 0.235. The number of unbranched alkanes of at least 4 members (excludes halogenated alkanes) is 1. The number of fused-ring (bicyclic) bond motifs is 3. The van der Waals surface area contributed by atoms with Crippen LogP contribution in [0, 0.1) is 0 Å². The molecular formula is C17H15BrO3. The Morgan fingerprint density at radius 1 is 1.10 bits per heavy atom. The highest BCUT2D eigenvalue weighted by molar-refractivity contribution is 9.10. The maximum absolute atomic E-state index is 12.1. The van der Waals surface area contributed by atoms with Gasteiger partial charge in [0.05, 0.1) is 12.0 Å². The number of halogens is 1. The summed E-state index contributed by atoms with van der Waals surface area (Å²) in [5, 5.41) is 2.39. The Morgan fingerprint density at radius 3 is 2.71 bits per heavy atom. The molecule has 0 saturated carbocycles. The van der Waals surface area contributed by atoms with Crippen molar-refractivity contribution >= 4 is 37.7 Å². The molecule has 0 fully saturated rings. The molecular weight excluding hydrogens is 332 g/mol. The third-order valence-electron chi connectivity index (χ3n) is 3.41.